The molecule has 0 spiro atoms. The molecule has 0 saturated heterocycles. The summed E-state index contributed by atoms with van der Waals surface area (Å²) in [6.45, 7) is 9.82. The fourth-order valence-electron chi connectivity index (χ4n) is 3.05. The molecule has 1 amide bonds. The van der Waals surface area contributed by atoms with Crippen molar-refractivity contribution in [3.8, 4) is 0 Å². The molecule has 1 fully saturated rings. The number of hydrogen-bond acceptors (Lipinski definition) is 3. The van der Waals surface area contributed by atoms with Crippen LogP contribution in [0.3, 0.4) is 0 Å². The quantitative estimate of drug-likeness (QED) is 0.841. The zero-order valence-electron chi connectivity index (χ0n) is 13.9. The first kappa shape index (κ1) is 17.8. The summed E-state index contributed by atoms with van der Waals surface area (Å²) in [5.41, 5.74) is -1.72. The summed E-state index contributed by atoms with van der Waals surface area (Å²) < 4.78 is 5.43. The number of aliphatic carboxylic acids is 1. The molecule has 0 aromatic carbocycles. The van der Waals surface area contributed by atoms with Crippen LogP contribution in [0.25, 0.3) is 0 Å². The van der Waals surface area contributed by atoms with Crippen LogP contribution in [0, 0.1) is 5.92 Å². The second-order valence-electron chi connectivity index (χ2n) is 6.99. The third-order valence-electron chi connectivity index (χ3n) is 4.15. The Kier molecular flexibility index (Phi) is 5.65. The van der Waals surface area contributed by atoms with Gasteiger partial charge in [0.25, 0.3) is 0 Å². The Balaban J connectivity index is 3.05. The number of nitrogens with zero attached hydrogens (tertiary/aromatic N) is 1. The maximum Gasteiger partial charge on any atom is 0.411 e. The highest BCUT2D eigenvalue weighted by atomic mass is 16.6. The van der Waals surface area contributed by atoms with E-state index in [1.807, 2.05) is 6.92 Å². The van der Waals surface area contributed by atoms with Crippen LogP contribution in [0.4, 0.5) is 4.79 Å². The highest BCUT2D eigenvalue weighted by Gasteiger charge is 2.52. The highest BCUT2D eigenvalue weighted by Crippen LogP contribution is 2.41. The minimum atomic E-state index is -1.10. The Labute approximate surface area is 127 Å². The molecular formula is C16H29NO4. The van der Waals surface area contributed by atoms with E-state index in [4.69, 9.17) is 4.74 Å². The largest absolute Gasteiger partial charge is 0.479 e. The molecule has 2 unspecified atom stereocenters. The third-order valence-corrected chi connectivity index (χ3v) is 4.15. The smallest absolute Gasteiger partial charge is 0.411 e. The first-order chi connectivity index (χ1) is 9.66. The van der Waals surface area contributed by atoms with Crippen LogP contribution in [0.5, 0.6) is 0 Å². The molecule has 0 aromatic rings. The summed E-state index contributed by atoms with van der Waals surface area (Å²) in [7, 11) is 0. The number of carbonyl (C=O) groups excluding carboxylic acids is 1. The molecule has 0 heterocycles. The molecule has 0 bridgehead atoms. The molecule has 0 radical (unpaired) electrons. The Bertz CT molecular complexity index is 388. The van der Waals surface area contributed by atoms with Crippen LogP contribution in [-0.4, -0.2) is 39.8 Å². The first-order valence-electron chi connectivity index (χ1n) is 7.90. The van der Waals surface area contributed by atoms with Crippen LogP contribution in [0.15, 0.2) is 0 Å². The maximum absolute atomic E-state index is 12.5. The minimum absolute atomic E-state index is 0.364. The topological polar surface area (TPSA) is 66.8 Å². The van der Waals surface area contributed by atoms with E-state index in [9.17, 15) is 14.7 Å². The first-order valence-corrected chi connectivity index (χ1v) is 7.90. The Morgan fingerprint density at radius 1 is 1.33 bits per heavy atom. The number of amides is 1. The van der Waals surface area contributed by atoms with Crippen molar-refractivity contribution in [1.82, 2.24) is 4.90 Å². The zero-order chi connectivity index (χ0) is 16.3. The molecule has 1 N–H and O–H groups in total. The van der Waals surface area contributed by atoms with Crippen LogP contribution in [-0.2, 0) is 9.53 Å². The number of carboxylic acids is 1. The average Bonchev–Trinajstić information content (AvgIpc) is 2.79. The van der Waals surface area contributed by atoms with Gasteiger partial charge in [0.1, 0.15) is 11.1 Å². The fourth-order valence-corrected chi connectivity index (χ4v) is 3.05. The van der Waals surface area contributed by atoms with E-state index in [0.717, 1.165) is 12.8 Å². The average molecular weight is 299 g/mol. The van der Waals surface area contributed by atoms with E-state index in [1.165, 1.54) is 4.90 Å². The minimum Gasteiger partial charge on any atom is -0.479 e. The van der Waals surface area contributed by atoms with E-state index in [1.54, 1.807) is 20.8 Å². The molecule has 0 aromatic heterocycles. The lowest BCUT2D eigenvalue weighted by Gasteiger charge is -2.38. The Morgan fingerprint density at radius 3 is 2.33 bits per heavy atom. The van der Waals surface area contributed by atoms with Gasteiger partial charge >= 0.3 is 12.1 Å². The predicted molar refractivity (Wildman–Crippen MR) is 81.2 cm³/mol. The van der Waals surface area contributed by atoms with Gasteiger partial charge in [0.15, 0.2) is 0 Å². The van der Waals surface area contributed by atoms with Crippen LogP contribution < -0.4 is 0 Å². The molecule has 0 aliphatic heterocycles. The molecule has 5 nitrogen and oxygen atoms in total. The van der Waals surface area contributed by atoms with E-state index < -0.39 is 23.2 Å². The number of hydrogen-bond donors (Lipinski definition) is 1. The van der Waals surface area contributed by atoms with Gasteiger partial charge in [-0.25, -0.2) is 9.59 Å². The van der Waals surface area contributed by atoms with E-state index in [2.05, 4.69) is 6.92 Å². The van der Waals surface area contributed by atoms with Crippen LogP contribution in [0.1, 0.15) is 66.7 Å². The van der Waals surface area contributed by atoms with Gasteiger partial charge in [-0.05, 0) is 52.4 Å². The van der Waals surface area contributed by atoms with Crippen molar-refractivity contribution in [1.29, 1.82) is 0 Å². The summed E-state index contributed by atoms with van der Waals surface area (Å²) in [5.74, 6) is -0.541. The number of carboxylic acid groups (broad SMARTS) is 1. The summed E-state index contributed by atoms with van der Waals surface area (Å²) in [4.78, 5) is 25.9. The standard InChI is InChI=1S/C16H29NO4/c1-6-10-17(14(20)21-15(3,4)5)16(13(18)19)9-8-12(7-2)11-16/h12H,6-11H2,1-5H3,(H,18,19). The lowest BCUT2D eigenvalue weighted by atomic mass is 9.93. The van der Waals surface area contributed by atoms with Crippen molar-refractivity contribution in [2.45, 2.75) is 77.9 Å². The van der Waals surface area contributed by atoms with Crippen molar-refractivity contribution < 1.29 is 19.4 Å². The number of carbonyl (C=O) groups is 2. The van der Waals surface area contributed by atoms with Crippen molar-refractivity contribution in [2.24, 2.45) is 5.92 Å². The van der Waals surface area contributed by atoms with Crippen molar-refractivity contribution >= 4 is 12.1 Å². The van der Waals surface area contributed by atoms with Crippen molar-refractivity contribution in [2.75, 3.05) is 6.54 Å². The van der Waals surface area contributed by atoms with Gasteiger partial charge < -0.3 is 9.84 Å². The summed E-state index contributed by atoms with van der Waals surface area (Å²) in [5, 5.41) is 9.77. The molecule has 2 atom stereocenters. The van der Waals surface area contributed by atoms with Gasteiger partial charge in [-0.15, -0.1) is 0 Å². The summed E-state index contributed by atoms with van der Waals surface area (Å²) in [6.07, 6.45) is 3.04. The lowest BCUT2D eigenvalue weighted by molar-refractivity contribution is -0.151. The second-order valence-corrected chi connectivity index (χ2v) is 6.99. The third kappa shape index (κ3) is 4.11. The van der Waals surface area contributed by atoms with E-state index in [0.29, 0.717) is 31.7 Å². The predicted octanol–water partition coefficient (Wildman–Crippen LogP) is 3.67. The normalized spacial score (nSPS) is 25.7. The number of ether oxygens (including phenoxy) is 1. The fraction of sp³-hybridized carbons (Fsp3) is 0.875. The summed E-state index contributed by atoms with van der Waals surface area (Å²) in [6, 6.07) is 0. The lowest BCUT2D eigenvalue weighted by Crippen LogP contribution is -2.57. The highest BCUT2D eigenvalue weighted by molar-refractivity contribution is 5.85. The van der Waals surface area contributed by atoms with Gasteiger partial charge in [-0.3, -0.25) is 4.90 Å². The Morgan fingerprint density at radius 2 is 1.95 bits per heavy atom. The van der Waals surface area contributed by atoms with Crippen molar-refractivity contribution in [3.05, 3.63) is 0 Å². The van der Waals surface area contributed by atoms with E-state index in [-0.39, 0.29) is 0 Å². The second kappa shape index (κ2) is 6.67. The molecule has 21 heavy (non-hydrogen) atoms. The van der Waals surface area contributed by atoms with Crippen molar-refractivity contribution in [3.63, 3.8) is 0 Å². The van der Waals surface area contributed by atoms with Gasteiger partial charge in [0.2, 0.25) is 0 Å². The zero-order valence-corrected chi connectivity index (χ0v) is 13.9. The summed E-state index contributed by atoms with van der Waals surface area (Å²) >= 11 is 0. The van der Waals surface area contributed by atoms with Gasteiger partial charge in [-0.2, -0.15) is 0 Å². The molecule has 1 rings (SSSR count). The molecule has 1 saturated carbocycles. The van der Waals surface area contributed by atoms with Gasteiger partial charge in [-0.1, -0.05) is 20.3 Å². The van der Waals surface area contributed by atoms with Gasteiger partial charge in [0, 0.05) is 6.54 Å². The molecule has 5 heteroatoms. The SMILES string of the molecule is CCCN(C(=O)OC(C)(C)C)C1(C(=O)O)CCC(CC)C1. The van der Waals surface area contributed by atoms with Gasteiger partial charge in [0.05, 0.1) is 0 Å². The molecule has 1 aliphatic carbocycles. The monoisotopic (exact) mass is 299 g/mol. The van der Waals surface area contributed by atoms with E-state index >= 15 is 0 Å². The molecule has 122 valence electrons. The maximum atomic E-state index is 12.5. The number of rotatable bonds is 5. The molecular weight excluding hydrogens is 270 g/mol. The van der Waals surface area contributed by atoms with Crippen LogP contribution >= 0.6 is 0 Å². The Hall–Kier alpha value is -1.26. The molecule has 1 aliphatic rings. The van der Waals surface area contributed by atoms with Crippen LogP contribution in [0.2, 0.25) is 0 Å².